The molecule has 0 aliphatic carbocycles. The van der Waals surface area contributed by atoms with Crippen LogP contribution in [0.25, 0.3) is 0 Å². The van der Waals surface area contributed by atoms with Crippen molar-refractivity contribution < 1.29 is 32.2 Å². The number of halogens is 3. The molecule has 0 unspecified atom stereocenters. The van der Waals surface area contributed by atoms with E-state index in [4.69, 9.17) is 14.2 Å². The first-order valence-electron chi connectivity index (χ1n) is 7.38. The standard InChI is InChI=1S/C17H17F3N2O4/c1-24-12-6-9(7-13(25-2)17(12)26-3)22-14(23)8-21-11-5-4-10(18)15(19)16(11)20/h4-7,21H,8H2,1-3H3,(H,22,23). The normalized spacial score (nSPS) is 10.2. The third-order valence-corrected chi connectivity index (χ3v) is 3.42. The lowest BCUT2D eigenvalue weighted by atomic mass is 10.2. The number of hydrogen-bond donors (Lipinski definition) is 2. The summed E-state index contributed by atoms with van der Waals surface area (Å²) in [5, 5.41) is 4.95. The van der Waals surface area contributed by atoms with Crippen LogP contribution >= 0.6 is 0 Å². The predicted octanol–water partition coefficient (Wildman–Crippen LogP) is 3.18. The molecule has 2 rings (SSSR count). The minimum atomic E-state index is -1.61. The summed E-state index contributed by atoms with van der Waals surface area (Å²) < 4.78 is 55.1. The number of ether oxygens (including phenoxy) is 3. The highest BCUT2D eigenvalue weighted by molar-refractivity contribution is 5.94. The van der Waals surface area contributed by atoms with E-state index in [0.29, 0.717) is 22.9 Å². The van der Waals surface area contributed by atoms with E-state index < -0.39 is 23.4 Å². The van der Waals surface area contributed by atoms with Crippen molar-refractivity contribution in [2.75, 3.05) is 38.5 Å². The number of rotatable bonds is 7. The van der Waals surface area contributed by atoms with Crippen LogP contribution in [0.3, 0.4) is 0 Å². The maximum absolute atomic E-state index is 13.6. The molecule has 0 fully saturated rings. The van der Waals surface area contributed by atoms with Gasteiger partial charge in [-0.25, -0.2) is 13.2 Å². The summed E-state index contributed by atoms with van der Waals surface area (Å²) >= 11 is 0. The number of nitrogens with one attached hydrogen (secondary N) is 2. The Morgan fingerprint density at radius 1 is 0.962 bits per heavy atom. The first kappa shape index (κ1) is 19.2. The summed E-state index contributed by atoms with van der Waals surface area (Å²) in [6.07, 6.45) is 0. The lowest BCUT2D eigenvalue weighted by molar-refractivity contribution is -0.114. The number of amides is 1. The molecule has 6 nitrogen and oxygen atoms in total. The van der Waals surface area contributed by atoms with Crippen LogP contribution in [-0.2, 0) is 4.79 Å². The second kappa shape index (κ2) is 8.32. The third kappa shape index (κ3) is 4.11. The van der Waals surface area contributed by atoms with Crippen LogP contribution in [-0.4, -0.2) is 33.8 Å². The Balaban J connectivity index is 2.10. The molecule has 0 aliphatic heterocycles. The Morgan fingerprint density at radius 3 is 2.12 bits per heavy atom. The number of anilines is 2. The number of carbonyl (C=O) groups is 1. The van der Waals surface area contributed by atoms with Crippen LogP contribution in [0, 0.1) is 17.5 Å². The van der Waals surface area contributed by atoms with Crippen molar-refractivity contribution in [1.29, 1.82) is 0 Å². The molecule has 0 bridgehead atoms. The molecule has 2 N–H and O–H groups in total. The van der Waals surface area contributed by atoms with Gasteiger partial charge in [-0.1, -0.05) is 0 Å². The van der Waals surface area contributed by atoms with Gasteiger partial charge in [0.2, 0.25) is 11.7 Å². The average Bonchev–Trinajstić information content (AvgIpc) is 2.64. The summed E-state index contributed by atoms with van der Waals surface area (Å²) in [5.41, 5.74) is 0.0148. The first-order valence-corrected chi connectivity index (χ1v) is 7.38. The molecule has 0 aliphatic rings. The van der Waals surface area contributed by atoms with Gasteiger partial charge in [0.05, 0.1) is 33.6 Å². The zero-order chi connectivity index (χ0) is 19.3. The fourth-order valence-corrected chi connectivity index (χ4v) is 2.20. The Labute approximate surface area is 147 Å². The monoisotopic (exact) mass is 370 g/mol. The minimum absolute atomic E-state index is 0.330. The quantitative estimate of drug-likeness (QED) is 0.733. The molecule has 140 valence electrons. The molecular weight excluding hydrogens is 353 g/mol. The van der Waals surface area contributed by atoms with Crippen LogP contribution < -0.4 is 24.8 Å². The molecule has 0 atom stereocenters. The second-order valence-electron chi connectivity index (χ2n) is 5.04. The molecule has 2 aromatic rings. The highest BCUT2D eigenvalue weighted by Gasteiger charge is 2.16. The van der Waals surface area contributed by atoms with Crippen LogP contribution in [0.2, 0.25) is 0 Å². The molecule has 0 radical (unpaired) electrons. The van der Waals surface area contributed by atoms with Gasteiger partial charge in [0.15, 0.2) is 29.0 Å². The molecule has 0 heterocycles. The van der Waals surface area contributed by atoms with Gasteiger partial charge in [0.1, 0.15) is 0 Å². The van der Waals surface area contributed by atoms with E-state index in [9.17, 15) is 18.0 Å². The van der Waals surface area contributed by atoms with E-state index in [0.717, 1.165) is 12.1 Å². The van der Waals surface area contributed by atoms with Crippen molar-refractivity contribution in [3.63, 3.8) is 0 Å². The van der Waals surface area contributed by atoms with E-state index in [1.165, 1.54) is 33.5 Å². The van der Waals surface area contributed by atoms with Gasteiger partial charge >= 0.3 is 0 Å². The van der Waals surface area contributed by atoms with Crippen molar-refractivity contribution in [2.24, 2.45) is 0 Å². The Kier molecular flexibility index (Phi) is 6.16. The van der Waals surface area contributed by atoms with E-state index in [1.54, 1.807) is 0 Å². The van der Waals surface area contributed by atoms with Crippen LogP contribution in [0.5, 0.6) is 17.2 Å². The maximum Gasteiger partial charge on any atom is 0.243 e. The highest BCUT2D eigenvalue weighted by atomic mass is 19.2. The molecule has 0 saturated heterocycles. The molecule has 0 aromatic heterocycles. The number of benzene rings is 2. The Bertz CT molecular complexity index is 790. The van der Waals surface area contributed by atoms with Crippen molar-refractivity contribution >= 4 is 17.3 Å². The lowest BCUT2D eigenvalue weighted by Gasteiger charge is -2.15. The highest BCUT2D eigenvalue weighted by Crippen LogP contribution is 2.39. The molecule has 0 spiro atoms. The number of carbonyl (C=O) groups excluding carboxylic acids is 1. The number of methoxy groups -OCH3 is 3. The van der Waals surface area contributed by atoms with Crippen LogP contribution in [0.1, 0.15) is 0 Å². The average molecular weight is 370 g/mol. The predicted molar refractivity (Wildman–Crippen MR) is 89.5 cm³/mol. The van der Waals surface area contributed by atoms with Crippen LogP contribution in [0.4, 0.5) is 24.5 Å². The van der Waals surface area contributed by atoms with Gasteiger partial charge in [-0.15, -0.1) is 0 Å². The first-order chi connectivity index (χ1) is 12.4. The Morgan fingerprint density at radius 2 is 1.58 bits per heavy atom. The van der Waals surface area contributed by atoms with E-state index in [2.05, 4.69) is 10.6 Å². The van der Waals surface area contributed by atoms with Gasteiger partial charge in [-0.2, -0.15) is 0 Å². The third-order valence-electron chi connectivity index (χ3n) is 3.42. The summed E-state index contributed by atoms with van der Waals surface area (Å²) in [5.74, 6) is -3.84. The second-order valence-corrected chi connectivity index (χ2v) is 5.04. The topological polar surface area (TPSA) is 68.8 Å². The maximum atomic E-state index is 13.6. The minimum Gasteiger partial charge on any atom is -0.493 e. The molecule has 2 aromatic carbocycles. The molecular formula is C17H17F3N2O4. The summed E-state index contributed by atoms with van der Waals surface area (Å²) in [4.78, 5) is 12.0. The fourth-order valence-electron chi connectivity index (χ4n) is 2.20. The van der Waals surface area contributed by atoms with Gasteiger partial charge in [-0.05, 0) is 12.1 Å². The SMILES string of the molecule is COc1cc(NC(=O)CNc2ccc(F)c(F)c2F)cc(OC)c1OC. The van der Waals surface area contributed by atoms with E-state index in [-0.39, 0.29) is 12.2 Å². The fraction of sp³-hybridized carbons (Fsp3) is 0.235. The van der Waals surface area contributed by atoms with Gasteiger partial charge in [0, 0.05) is 17.8 Å². The van der Waals surface area contributed by atoms with Crippen molar-refractivity contribution in [1.82, 2.24) is 0 Å². The number of hydrogen-bond acceptors (Lipinski definition) is 5. The summed E-state index contributed by atoms with van der Waals surface area (Å²) in [7, 11) is 4.30. The van der Waals surface area contributed by atoms with Crippen molar-refractivity contribution in [3.05, 3.63) is 41.7 Å². The Hall–Kier alpha value is -3.10. The summed E-state index contributed by atoms with van der Waals surface area (Å²) in [6, 6.07) is 4.78. The van der Waals surface area contributed by atoms with Crippen molar-refractivity contribution in [3.8, 4) is 17.2 Å². The van der Waals surface area contributed by atoms with Gasteiger partial charge < -0.3 is 24.8 Å². The lowest BCUT2D eigenvalue weighted by Crippen LogP contribution is -2.22. The largest absolute Gasteiger partial charge is 0.493 e. The van der Waals surface area contributed by atoms with Gasteiger partial charge in [-0.3, -0.25) is 4.79 Å². The zero-order valence-electron chi connectivity index (χ0n) is 14.3. The van der Waals surface area contributed by atoms with Gasteiger partial charge in [0.25, 0.3) is 0 Å². The van der Waals surface area contributed by atoms with Crippen molar-refractivity contribution in [2.45, 2.75) is 0 Å². The van der Waals surface area contributed by atoms with Crippen LogP contribution in [0.15, 0.2) is 24.3 Å². The zero-order valence-corrected chi connectivity index (χ0v) is 14.3. The summed E-state index contributed by atoms with van der Waals surface area (Å²) in [6.45, 7) is -0.376. The molecule has 0 saturated carbocycles. The smallest absolute Gasteiger partial charge is 0.243 e. The molecule has 1 amide bonds. The molecule has 26 heavy (non-hydrogen) atoms. The van der Waals surface area contributed by atoms with E-state index in [1.807, 2.05) is 0 Å². The molecule has 9 heteroatoms. The van der Waals surface area contributed by atoms with E-state index >= 15 is 0 Å².